The van der Waals surface area contributed by atoms with E-state index in [0.717, 1.165) is 50.0 Å². The summed E-state index contributed by atoms with van der Waals surface area (Å²) < 4.78 is 12.9. The number of carbonyl (C=O) groups is 1. The predicted octanol–water partition coefficient (Wildman–Crippen LogP) is 2.84. The molecule has 0 saturated heterocycles. The number of nitrogens with zero attached hydrogens (tertiary/aromatic N) is 4. The standard InChI is InChI=1S/C24H29N5O3/c1-17(25-24(30)18-8-6-9-20(15-18)31-2)23-27-26-22-11-12-28(13-14-29(22)23)16-19-7-4-5-10-21(19)32-3/h4-10,15,17H,11-14,16H2,1-3H3,(H,25,30)/t17-/m0/s1. The van der Waals surface area contributed by atoms with Crippen LogP contribution in [0.1, 0.15) is 40.5 Å². The highest BCUT2D eigenvalue weighted by Crippen LogP contribution is 2.22. The maximum absolute atomic E-state index is 12.7. The van der Waals surface area contributed by atoms with Crippen LogP contribution in [0.3, 0.4) is 0 Å². The summed E-state index contributed by atoms with van der Waals surface area (Å²) in [5.74, 6) is 3.11. The first-order chi connectivity index (χ1) is 15.6. The third-order valence-electron chi connectivity index (χ3n) is 5.80. The number of benzene rings is 2. The molecule has 0 unspecified atom stereocenters. The van der Waals surface area contributed by atoms with Gasteiger partial charge in [-0.15, -0.1) is 10.2 Å². The molecule has 1 N–H and O–H groups in total. The van der Waals surface area contributed by atoms with Gasteiger partial charge in [0.2, 0.25) is 0 Å². The second-order valence-corrected chi connectivity index (χ2v) is 7.89. The van der Waals surface area contributed by atoms with Crippen LogP contribution in [0.15, 0.2) is 48.5 Å². The van der Waals surface area contributed by atoms with Gasteiger partial charge in [-0.2, -0.15) is 0 Å². The van der Waals surface area contributed by atoms with E-state index in [9.17, 15) is 4.79 Å². The van der Waals surface area contributed by atoms with Crippen molar-refractivity contribution >= 4 is 5.91 Å². The van der Waals surface area contributed by atoms with Gasteiger partial charge in [-0.3, -0.25) is 9.69 Å². The Morgan fingerprint density at radius 3 is 2.72 bits per heavy atom. The molecule has 2 aromatic carbocycles. The monoisotopic (exact) mass is 435 g/mol. The maximum Gasteiger partial charge on any atom is 0.251 e. The topological polar surface area (TPSA) is 81.5 Å². The summed E-state index contributed by atoms with van der Waals surface area (Å²) in [7, 11) is 3.29. The molecule has 0 spiro atoms. The highest BCUT2D eigenvalue weighted by Gasteiger charge is 2.23. The number of amides is 1. The zero-order chi connectivity index (χ0) is 22.5. The quantitative estimate of drug-likeness (QED) is 0.615. The normalized spacial score (nSPS) is 14.8. The fourth-order valence-corrected chi connectivity index (χ4v) is 4.05. The molecule has 3 aromatic rings. The highest BCUT2D eigenvalue weighted by atomic mass is 16.5. The average Bonchev–Trinajstić information content (AvgIpc) is 3.13. The van der Waals surface area contributed by atoms with Crippen molar-refractivity contribution in [1.82, 2.24) is 25.0 Å². The fraction of sp³-hybridized carbons (Fsp3) is 0.375. The van der Waals surface area contributed by atoms with Crippen molar-refractivity contribution in [1.29, 1.82) is 0 Å². The van der Waals surface area contributed by atoms with E-state index in [1.807, 2.05) is 31.2 Å². The number of hydrogen-bond donors (Lipinski definition) is 1. The summed E-state index contributed by atoms with van der Waals surface area (Å²) in [6.07, 6.45) is 0.804. The lowest BCUT2D eigenvalue weighted by molar-refractivity contribution is 0.0937. The van der Waals surface area contributed by atoms with E-state index in [4.69, 9.17) is 9.47 Å². The SMILES string of the molecule is COc1cccc(C(=O)N[C@@H](C)c2nnc3n2CCN(Cc2ccccc2OC)CC3)c1. The lowest BCUT2D eigenvalue weighted by Crippen LogP contribution is -2.30. The first kappa shape index (κ1) is 21.8. The van der Waals surface area contributed by atoms with Crippen molar-refractivity contribution in [3.63, 3.8) is 0 Å². The summed E-state index contributed by atoms with van der Waals surface area (Å²) in [6.45, 7) is 5.28. The number of rotatable bonds is 7. The third kappa shape index (κ3) is 4.75. The Kier molecular flexibility index (Phi) is 6.70. The molecule has 2 heterocycles. The Morgan fingerprint density at radius 2 is 1.91 bits per heavy atom. The minimum atomic E-state index is -0.268. The maximum atomic E-state index is 12.7. The Balaban J connectivity index is 1.43. The number of methoxy groups -OCH3 is 2. The summed E-state index contributed by atoms with van der Waals surface area (Å²) in [6, 6.07) is 15.0. The van der Waals surface area contributed by atoms with Crippen molar-refractivity contribution < 1.29 is 14.3 Å². The van der Waals surface area contributed by atoms with Gasteiger partial charge >= 0.3 is 0 Å². The number of nitrogens with one attached hydrogen (secondary N) is 1. The fourth-order valence-electron chi connectivity index (χ4n) is 4.05. The van der Waals surface area contributed by atoms with E-state index in [1.165, 1.54) is 5.56 Å². The molecule has 0 fully saturated rings. The first-order valence-electron chi connectivity index (χ1n) is 10.8. The second-order valence-electron chi connectivity index (χ2n) is 7.89. The van der Waals surface area contributed by atoms with Crippen LogP contribution < -0.4 is 14.8 Å². The molecule has 0 bridgehead atoms. The van der Waals surface area contributed by atoms with Crippen molar-refractivity contribution in [2.45, 2.75) is 32.5 Å². The highest BCUT2D eigenvalue weighted by molar-refractivity contribution is 5.94. The van der Waals surface area contributed by atoms with Crippen LogP contribution in [0.25, 0.3) is 0 Å². The van der Waals surface area contributed by atoms with E-state index in [0.29, 0.717) is 11.3 Å². The third-order valence-corrected chi connectivity index (χ3v) is 5.80. The summed E-state index contributed by atoms with van der Waals surface area (Å²) in [5.41, 5.74) is 1.72. The van der Waals surface area contributed by atoms with Crippen molar-refractivity contribution in [3.8, 4) is 11.5 Å². The minimum absolute atomic E-state index is 0.167. The van der Waals surface area contributed by atoms with E-state index < -0.39 is 0 Å². The average molecular weight is 436 g/mol. The largest absolute Gasteiger partial charge is 0.497 e. The van der Waals surface area contributed by atoms with Gasteiger partial charge in [-0.1, -0.05) is 24.3 Å². The van der Waals surface area contributed by atoms with Crippen LogP contribution >= 0.6 is 0 Å². The molecule has 1 aliphatic rings. The predicted molar refractivity (Wildman–Crippen MR) is 121 cm³/mol. The van der Waals surface area contributed by atoms with Crippen LogP contribution in [-0.2, 0) is 19.5 Å². The summed E-state index contributed by atoms with van der Waals surface area (Å²) in [4.78, 5) is 15.1. The molecule has 1 atom stereocenters. The van der Waals surface area contributed by atoms with E-state index in [2.05, 4.69) is 31.0 Å². The molecule has 0 saturated carbocycles. The molecule has 8 nitrogen and oxygen atoms in total. The van der Waals surface area contributed by atoms with E-state index >= 15 is 0 Å². The second kappa shape index (κ2) is 9.82. The van der Waals surface area contributed by atoms with Crippen LogP contribution in [0.4, 0.5) is 0 Å². The molecular formula is C24H29N5O3. The Morgan fingerprint density at radius 1 is 1.06 bits per heavy atom. The smallest absolute Gasteiger partial charge is 0.251 e. The van der Waals surface area contributed by atoms with Crippen molar-refractivity contribution in [2.24, 2.45) is 0 Å². The van der Waals surface area contributed by atoms with Gasteiger partial charge in [0.25, 0.3) is 5.91 Å². The van der Waals surface area contributed by atoms with Crippen LogP contribution in [-0.4, -0.2) is 52.9 Å². The zero-order valence-electron chi connectivity index (χ0n) is 18.7. The van der Waals surface area contributed by atoms with Gasteiger partial charge in [0.1, 0.15) is 17.3 Å². The van der Waals surface area contributed by atoms with Gasteiger partial charge in [0.15, 0.2) is 5.82 Å². The molecule has 168 valence electrons. The van der Waals surface area contributed by atoms with Crippen molar-refractivity contribution in [3.05, 3.63) is 71.3 Å². The lowest BCUT2D eigenvalue weighted by Gasteiger charge is -2.21. The molecule has 8 heteroatoms. The van der Waals surface area contributed by atoms with E-state index in [-0.39, 0.29) is 11.9 Å². The van der Waals surface area contributed by atoms with Crippen LogP contribution in [0, 0.1) is 0 Å². The Labute approximate surface area is 188 Å². The van der Waals surface area contributed by atoms with Gasteiger partial charge in [0, 0.05) is 43.7 Å². The van der Waals surface area contributed by atoms with Crippen LogP contribution in [0.5, 0.6) is 11.5 Å². The number of aromatic nitrogens is 3. The zero-order valence-corrected chi connectivity index (χ0v) is 18.7. The Hall–Kier alpha value is -3.39. The lowest BCUT2D eigenvalue weighted by atomic mass is 10.2. The van der Waals surface area contributed by atoms with Crippen molar-refractivity contribution in [2.75, 3.05) is 27.3 Å². The van der Waals surface area contributed by atoms with Gasteiger partial charge in [0.05, 0.1) is 20.3 Å². The molecule has 1 aromatic heterocycles. The van der Waals surface area contributed by atoms with Gasteiger partial charge in [-0.25, -0.2) is 0 Å². The molecule has 1 amide bonds. The molecule has 32 heavy (non-hydrogen) atoms. The van der Waals surface area contributed by atoms with Crippen LogP contribution in [0.2, 0.25) is 0 Å². The number of carbonyl (C=O) groups excluding carboxylic acids is 1. The first-order valence-corrected chi connectivity index (χ1v) is 10.8. The molecular weight excluding hydrogens is 406 g/mol. The number of para-hydroxylation sites is 1. The molecule has 0 radical (unpaired) electrons. The minimum Gasteiger partial charge on any atom is -0.497 e. The summed E-state index contributed by atoms with van der Waals surface area (Å²) in [5, 5.41) is 11.8. The summed E-state index contributed by atoms with van der Waals surface area (Å²) >= 11 is 0. The Bertz CT molecular complexity index is 1080. The number of fused-ring (bicyclic) bond motifs is 1. The van der Waals surface area contributed by atoms with Gasteiger partial charge < -0.3 is 19.4 Å². The van der Waals surface area contributed by atoms with E-state index in [1.54, 1.807) is 32.4 Å². The molecule has 0 aliphatic carbocycles. The number of ether oxygens (including phenoxy) is 2. The molecule has 1 aliphatic heterocycles. The molecule has 4 rings (SSSR count). The number of hydrogen-bond acceptors (Lipinski definition) is 6. The van der Waals surface area contributed by atoms with Gasteiger partial charge in [-0.05, 0) is 31.2 Å².